The molecule has 4 aromatic rings. The van der Waals surface area contributed by atoms with Gasteiger partial charge in [0.05, 0.1) is 10.6 Å². The summed E-state index contributed by atoms with van der Waals surface area (Å²) in [5, 5.41) is 25.8. The number of hydrogen-bond donors (Lipinski definition) is 1. The molecule has 0 aliphatic carbocycles. The molecular weight excluding hydrogens is 408 g/mol. The predicted molar refractivity (Wildman–Crippen MR) is 123 cm³/mol. The smallest absolute Gasteiger partial charge is 0.269 e. The third-order valence-electron chi connectivity index (χ3n) is 4.60. The third-order valence-corrected chi connectivity index (χ3v) is 5.48. The number of thiazole rings is 1. The summed E-state index contributed by atoms with van der Waals surface area (Å²) in [4.78, 5) is 14.9. The van der Waals surface area contributed by atoms with Gasteiger partial charge in [-0.3, -0.25) is 10.1 Å². The highest BCUT2D eigenvalue weighted by atomic mass is 32.1. The molecule has 3 aromatic carbocycles. The molecule has 4 rings (SSSR count). The lowest BCUT2D eigenvalue weighted by Crippen LogP contribution is -1.92. The minimum atomic E-state index is -0.455. The van der Waals surface area contributed by atoms with Crippen molar-refractivity contribution in [3.05, 3.63) is 106 Å². The minimum absolute atomic E-state index is 0.0119. The molecule has 1 heterocycles. The molecule has 6 nitrogen and oxygen atoms in total. The summed E-state index contributed by atoms with van der Waals surface area (Å²) < 4.78 is 0. The number of non-ortho nitro benzene ring substituents is 1. The molecule has 0 fully saturated rings. The normalized spacial score (nSPS) is 11.0. The van der Waals surface area contributed by atoms with E-state index >= 15 is 0 Å². The zero-order valence-corrected chi connectivity index (χ0v) is 17.0. The number of nitriles is 1. The van der Waals surface area contributed by atoms with E-state index in [1.807, 2.05) is 35.7 Å². The van der Waals surface area contributed by atoms with E-state index in [-0.39, 0.29) is 5.69 Å². The van der Waals surface area contributed by atoms with Crippen LogP contribution in [0.25, 0.3) is 28.0 Å². The Hall–Kier alpha value is -4.28. The van der Waals surface area contributed by atoms with Crippen molar-refractivity contribution in [2.24, 2.45) is 0 Å². The van der Waals surface area contributed by atoms with Crippen molar-refractivity contribution in [2.45, 2.75) is 0 Å². The molecule has 1 aromatic heterocycles. The Morgan fingerprint density at radius 3 is 2.26 bits per heavy atom. The fraction of sp³-hybridized carbons (Fsp3) is 0. The Bertz CT molecular complexity index is 1270. The van der Waals surface area contributed by atoms with Gasteiger partial charge in [0.25, 0.3) is 5.69 Å². The number of allylic oxidation sites excluding steroid dienone is 1. The first kappa shape index (κ1) is 20.0. The van der Waals surface area contributed by atoms with E-state index in [4.69, 9.17) is 0 Å². The number of nitrogens with one attached hydrogen (secondary N) is 1. The zero-order chi connectivity index (χ0) is 21.6. The Morgan fingerprint density at radius 1 is 0.968 bits per heavy atom. The standard InChI is InChI=1S/C24H16N4O2S/c25-14-20(15-26-21-10-12-22(13-11-21)28(29)30)24-27-23(16-31-24)19-8-6-18(7-9-19)17-4-2-1-3-5-17/h1-13,15-16,26H. The first-order valence-corrected chi connectivity index (χ1v) is 10.2. The number of nitro groups is 1. The van der Waals surface area contributed by atoms with E-state index in [1.54, 1.807) is 18.3 Å². The van der Waals surface area contributed by atoms with E-state index < -0.39 is 4.92 Å². The first-order valence-electron chi connectivity index (χ1n) is 9.37. The largest absolute Gasteiger partial charge is 0.360 e. The molecule has 0 bridgehead atoms. The molecule has 0 unspecified atom stereocenters. The number of benzene rings is 3. The molecule has 0 saturated heterocycles. The summed E-state index contributed by atoms with van der Waals surface area (Å²) in [5.41, 5.74) is 5.10. The number of aromatic nitrogens is 1. The molecule has 31 heavy (non-hydrogen) atoms. The molecule has 0 atom stereocenters. The van der Waals surface area contributed by atoms with Gasteiger partial charge in [-0.25, -0.2) is 4.98 Å². The van der Waals surface area contributed by atoms with Crippen LogP contribution in [0.5, 0.6) is 0 Å². The van der Waals surface area contributed by atoms with Crippen LogP contribution in [0, 0.1) is 21.4 Å². The maximum atomic E-state index is 10.7. The van der Waals surface area contributed by atoms with Crippen LogP contribution in [-0.4, -0.2) is 9.91 Å². The highest BCUT2D eigenvalue weighted by Crippen LogP contribution is 2.28. The van der Waals surface area contributed by atoms with Crippen LogP contribution in [0.15, 0.2) is 90.4 Å². The van der Waals surface area contributed by atoms with Gasteiger partial charge in [0.15, 0.2) is 0 Å². The maximum Gasteiger partial charge on any atom is 0.269 e. The van der Waals surface area contributed by atoms with E-state index in [9.17, 15) is 15.4 Å². The van der Waals surface area contributed by atoms with Crippen molar-refractivity contribution in [1.82, 2.24) is 4.98 Å². The van der Waals surface area contributed by atoms with Crippen LogP contribution in [-0.2, 0) is 0 Å². The molecule has 0 aliphatic heterocycles. The first-order chi connectivity index (χ1) is 15.1. The number of rotatable bonds is 6. The van der Waals surface area contributed by atoms with Gasteiger partial charge >= 0.3 is 0 Å². The molecule has 0 amide bonds. The summed E-state index contributed by atoms with van der Waals surface area (Å²) in [5.74, 6) is 0. The van der Waals surface area contributed by atoms with Crippen molar-refractivity contribution in [1.29, 1.82) is 5.26 Å². The summed E-state index contributed by atoms with van der Waals surface area (Å²) >= 11 is 1.39. The molecule has 0 saturated carbocycles. The summed E-state index contributed by atoms with van der Waals surface area (Å²) in [6.07, 6.45) is 1.56. The second kappa shape index (κ2) is 9.03. The molecule has 150 valence electrons. The predicted octanol–water partition coefficient (Wildman–Crippen LogP) is 6.36. The minimum Gasteiger partial charge on any atom is -0.360 e. The summed E-state index contributed by atoms with van der Waals surface area (Å²) in [6.45, 7) is 0. The fourth-order valence-electron chi connectivity index (χ4n) is 2.97. The summed E-state index contributed by atoms with van der Waals surface area (Å²) in [6, 6.07) is 26.4. The second-order valence-electron chi connectivity index (χ2n) is 6.60. The lowest BCUT2D eigenvalue weighted by atomic mass is 10.0. The van der Waals surface area contributed by atoms with Crippen LogP contribution in [0.1, 0.15) is 5.01 Å². The van der Waals surface area contributed by atoms with Crippen LogP contribution in [0.2, 0.25) is 0 Å². The van der Waals surface area contributed by atoms with Crippen molar-refractivity contribution in [3.8, 4) is 28.5 Å². The Kier molecular flexibility index (Phi) is 5.83. The van der Waals surface area contributed by atoms with Crippen molar-refractivity contribution in [3.63, 3.8) is 0 Å². The number of hydrogen-bond acceptors (Lipinski definition) is 6. The van der Waals surface area contributed by atoms with Gasteiger partial charge in [-0.05, 0) is 23.3 Å². The molecule has 7 heteroatoms. The Balaban J connectivity index is 1.50. The SMILES string of the molecule is N#CC(=CNc1ccc([N+](=O)[O-])cc1)c1nc(-c2ccc(-c3ccccc3)cc2)cs1. The molecule has 0 aliphatic rings. The molecule has 1 N–H and O–H groups in total. The van der Waals surface area contributed by atoms with E-state index in [0.717, 1.165) is 22.4 Å². The van der Waals surface area contributed by atoms with Gasteiger partial charge in [0.1, 0.15) is 16.6 Å². The topological polar surface area (TPSA) is 91.8 Å². The average Bonchev–Trinajstić information content (AvgIpc) is 3.30. The van der Waals surface area contributed by atoms with Gasteiger partial charge in [-0.2, -0.15) is 5.26 Å². The van der Waals surface area contributed by atoms with Gasteiger partial charge in [0, 0.05) is 35.0 Å². The number of nitro benzene ring substituents is 1. The molecule has 0 radical (unpaired) electrons. The fourth-order valence-corrected chi connectivity index (χ4v) is 3.77. The second-order valence-corrected chi connectivity index (χ2v) is 7.46. The highest BCUT2D eigenvalue weighted by Gasteiger charge is 2.10. The summed E-state index contributed by atoms with van der Waals surface area (Å²) in [7, 11) is 0. The zero-order valence-electron chi connectivity index (χ0n) is 16.2. The van der Waals surface area contributed by atoms with Gasteiger partial charge in [0.2, 0.25) is 0 Å². The molecular formula is C24H16N4O2S. The Morgan fingerprint density at radius 2 is 1.61 bits per heavy atom. The lowest BCUT2D eigenvalue weighted by Gasteiger charge is -2.03. The lowest BCUT2D eigenvalue weighted by molar-refractivity contribution is -0.384. The number of nitrogens with zero attached hydrogens (tertiary/aromatic N) is 3. The van der Waals surface area contributed by atoms with Crippen molar-refractivity contribution >= 4 is 28.3 Å². The monoisotopic (exact) mass is 424 g/mol. The highest BCUT2D eigenvalue weighted by molar-refractivity contribution is 7.11. The van der Waals surface area contributed by atoms with Crippen LogP contribution >= 0.6 is 11.3 Å². The van der Waals surface area contributed by atoms with E-state index in [0.29, 0.717) is 16.3 Å². The Labute approximate surface area is 182 Å². The van der Waals surface area contributed by atoms with E-state index in [2.05, 4.69) is 40.6 Å². The van der Waals surface area contributed by atoms with E-state index in [1.165, 1.54) is 23.5 Å². The third kappa shape index (κ3) is 4.66. The molecule has 0 spiro atoms. The average molecular weight is 424 g/mol. The van der Waals surface area contributed by atoms with Crippen LogP contribution in [0.3, 0.4) is 0 Å². The van der Waals surface area contributed by atoms with Crippen molar-refractivity contribution < 1.29 is 4.92 Å². The van der Waals surface area contributed by atoms with Gasteiger partial charge < -0.3 is 5.32 Å². The number of anilines is 1. The maximum absolute atomic E-state index is 10.7. The van der Waals surface area contributed by atoms with Gasteiger partial charge in [-0.1, -0.05) is 54.6 Å². The van der Waals surface area contributed by atoms with Crippen LogP contribution in [0.4, 0.5) is 11.4 Å². The van der Waals surface area contributed by atoms with Crippen LogP contribution < -0.4 is 5.32 Å². The van der Waals surface area contributed by atoms with Crippen molar-refractivity contribution in [2.75, 3.05) is 5.32 Å². The van der Waals surface area contributed by atoms with Gasteiger partial charge in [-0.15, -0.1) is 11.3 Å². The quantitative estimate of drug-likeness (QED) is 0.221.